The van der Waals surface area contributed by atoms with E-state index in [1.807, 2.05) is 0 Å². The van der Waals surface area contributed by atoms with Gasteiger partial charge in [0.05, 0.1) is 13.2 Å². The first-order valence-corrected chi connectivity index (χ1v) is 12.7. The topological polar surface area (TPSA) is 111 Å². The molecular formula is C21H43NO7S. The summed E-state index contributed by atoms with van der Waals surface area (Å²) in [6.07, 6.45) is 10.9. The van der Waals surface area contributed by atoms with Gasteiger partial charge in [0, 0.05) is 13.0 Å². The van der Waals surface area contributed by atoms with E-state index in [2.05, 4.69) is 27.5 Å². The Balaban J connectivity index is 3.73. The monoisotopic (exact) mass is 453 g/mol. The van der Waals surface area contributed by atoms with E-state index in [1.54, 1.807) is 7.05 Å². The van der Waals surface area contributed by atoms with E-state index in [0.717, 1.165) is 25.2 Å². The van der Waals surface area contributed by atoms with Crippen molar-refractivity contribution in [1.82, 2.24) is 5.32 Å². The highest BCUT2D eigenvalue weighted by Gasteiger charge is 2.19. The van der Waals surface area contributed by atoms with Crippen LogP contribution in [0.5, 0.6) is 0 Å². The molecule has 9 heteroatoms. The third-order valence-corrected chi connectivity index (χ3v) is 5.88. The molecule has 0 heterocycles. The van der Waals surface area contributed by atoms with Crippen LogP contribution in [0.4, 0.5) is 0 Å². The lowest BCUT2D eigenvalue weighted by Crippen LogP contribution is -2.29. The summed E-state index contributed by atoms with van der Waals surface area (Å²) < 4.78 is 37.3. The molecule has 0 aromatic carbocycles. The lowest BCUT2D eigenvalue weighted by molar-refractivity contribution is -0.153. The highest BCUT2D eigenvalue weighted by Crippen LogP contribution is 2.15. The smallest absolute Gasteiger partial charge is 0.400 e. The highest BCUT2D eigenvalue weighted by atomic mass is 32.3. The van der Waals surface area contributed by atoms with Crippen LogP contribution >= 0.6 is 0 Å². The summed E-state index contributed by atoms with van der Waals surface area (Å²) in [6.45, 7) is 3.84. The molecule has 0 amide bonds. The van der Waals surface area contributed by atoms with Crippen LogP contribution in [0.2, 0.25) is 0 Å². The minimum atomic E-state index is -4.18. The second-order valence-corrected chi connectivity index (χ2v) is 9.08. The van der Waals surface area contributed by atoms with Crippen molar-refractivity contribution in [3.8, 4) is 0 Å². The first-order chi connectivity index (χ1) is 14.3. The molecule has 2 atom stereocenters. The molecule has 0 radical (unpaired) electrons. The van der Waals surface area contributed by atoms with Gasteiger partial charge in [0.25, 0.3) is 0 Å². The zero-order valence-corrected chi connectivity index (χ0v) is 19.9. The van der Waals surface area contributed by atoms with E-state index in [4.69, 9.17) is 4.74 Å². The number of rotatable bonds is 21. The number of nitrogens with one attached hydrogen (secondary N) is 1. The van der Waals surface area contributed by atoms with Crippen molar-refractivity contribution >= 4 is 16.4 Å². The van der Waals surface area contributed by atoms with E-state index < -0.39 is 35.7 Å². The van der Waals surface area contributed by atoms with Gasteiger partial charge in [-0.3, -0.25) is 4.79 Å². The SMILES string of the molecule is CC[C@H](C)CCCCCCCCCCC(=O)OC(CO)COS(=O)(=O)OCCNC. The van der Waals surface area contributed by atoms with E-state index in [9.17, 15) is 18.3 Å². The van der Waals surface area contributed by atoms with Crippen molar-refractivity contribution in [3.05, 3.63) is 0 Å². The average Bonchev–Trinajstić information content (AvgIpc) is 2.72. The molecule has 0 spiro atoms. The summed E-state index contributed by atoms with van der Waals surface area (Å²) in [7, 11) is -2.52. The molecule has 0 aromatic heterocycles. The van der Waals surface area contributed by atoms with Gasteiger partial charge in [-0.2, -0.15) is 8.42 Å². The van der Waals surface area contributed by atoms with E-state index in [-0.39, 0.29) is 13.0 Å². The molecule has 1 unspecified atom stereocenters. The number of esters is 1. The van der Waals surface area contributed by atoms with Crippen LogP contribution in [0, 0.1) is 5.92 Å². The number of aliphatic hydroxyl groups is 1. The molecule has 0 fully saturated rings. The number of hydrogen-bond donors (Lipinski definition) is 2. The fourth-order valence-corrected chi connectivity index (χ4v) is 3.51. The maximum absolute atomic E-state index is 11.9. The molecule has 8 nitrogen and oxygen atoms in total. The standard InChI is InChI=1S/C21H43NO7S/c1-4-19(2)13-11-9-7-5-6-8-10-12-14-21(24)29-20(17-23)18-28-30(25,26)27-16-15-22-3/h19-20,22-23H,4-18H2,1-3H3/t19-,20?/m0/s1. The number of ether oxygens (including phenoxy) is 1. The molecule has 0 rings (SSSR count). The summed E-state index contributed by atoms with van der Waals surface area (Å²) in [4.78, 5) is 11.9. The predicted octanol–water partition coefficient (Wildman–Crippen LogP) is 3.34. The molecule has 0 aliphatic rings. The Morgan fingerprint density at radius 1 is 1.00 bits per heavy atom. The Morgan fingerprint density at radius 2 is 1.60 bits per heavy atom. The van der Waals surface area contributed by atoms with Crippen molar-refractivity contribution in [2.45, 2.75) is 90.6 Å². The summed E-state index contributed by atoms with van der Waals surface area (Å²) in [6, 6.07) is 0. The van der Waals surface area contributed by atoms with Crippen molar-refractivity contribution in [2.75, 3.05) is 33.4 Å². The van der Waals surface area contributed by atoms with Crippen molar-refractivity contribution in [2.24, 2.45) is 5.92 Å². The Labute approximate surface area is 183 Å². The van der Waals surface area contributed by atoms with E-state index in [0.29, 0.717) is 6.54 Å². The molecule has 0 saturated carbocycles. The zero-order chi connectivity index (χ0) is 22.7. The first-order valence-electron chi connectivity index (χ1n) is 11.3. The van der Waals surface area contributed by atoms with Gasteiger partial charge in [0.15, 0.2) is 0 Å². The minimum Gasteiger partial charge on any atom is -0.457 e. The zero-order valence-electron chi connectivity index (χ0n) is 19.1. The lowest BCUT2D eigenvalue weighted by Gasteiger charge is -2.15. The second-order valence-electron chi connectivity index (χ2n) is 7.79. The molecule has 0 aliphatic heterocycles. The van der Waals surface area contributed by atoms with Gasteiger partial charge in [-0.1, -0.05) is 71.6 Å². The third-order valence-electron chi connectivity index (χ3n) is 5.00. The van der Waals surface area contributed by atoms with Crippen LogP contribution in [0.15, 0.2) is 0 Å². The fraction of sp³-hybridized carbons (Fsp3) is 0.952. The summed E-state index contributed by atoms with van der Waals surface area (Å²) >= 11 is 0. The van der Waals surface area contributed by atoms with Crippen LogP contribution in [0.3, 0.4) is 0 Å². The molecule has 0 aromatic rings. The summed E-state index contributed by atoms with van der Waals surface area (Å²) in [5.41, 5.74) is 0. The Morgan fingerprint density at radius 3 is 2.17 bits per heavy atom. The van der Waals surface area contributed by atoms with Gasteiger partial charge >= 0.3 is 16.4 Å². The Kier molecular flexibility index (Phi) is 18.5. The van der Waals surface area contributed by atoms with Gasteiger partial charge in [0.1, 0.15) is 12.7 Å². The molecule has 180 valence electrons. The van der Waals surface area contributed by atoms with Crippen LogP contribution in [-0.2, 0) is 28.3 Å². The van der Waals surface area contributed by atoms with Crippen molar-refractivity contribution in [3.63, 3.8) is 0 Å². The number of aliphatic hydroxyl groups excluding tert-OH is 1. The fourth-order valence-electron chi connectivity index (χ4n) is 2.83. The van der Waals surface area contributed by atoms with Crippen molar-refractivity contribution in [1.29, 1.82) is 0 Å². The molecular weight excluding hydrogens is 410 g/mol. The van der Waals surface area contributed by atoms with Crippen LogP contribution in [0.25, 0.3) is 0 Å². The van der Waals surface area contributed by atoms with Gasteiger partial charge in [-0.25, -0.2) is 8.37 Å². The van der Waals surface area contributed by atoms with Gasteiger partial charge in [0.2, 0.25) is 0 Å². The van der Waals surface area contributed by atoms with Crippen LogP contribution in [0.1, 0.15) is 84.5 Å². The average molecular weight is 454 g/mol. The third kappa shape index (κ3) is 18.1. The lowest BCUT2D eigenvalue weighted by atomic mass is 9.99. The number of carbonyl (C=O) groups excluding carboxylic acids is 1. The first kappa shape index (κ1) is 29.3. The molecule has 0 saturated heterocycles. The number of carbonyl (C=O) groups is 1. The van der Waals surface area contributed by atoms with E-state index >= 15 is 0 Å². The minimum absolute atomic E-state index is 0.0690. The van der Waals surface area contributed by atoms with Crippen LogP contribution in [-0.4, -0.2) is 59.0 Å². The second kappa shape index (κ2) is 19.0. The van der Waals surface area contributed by atoms with Gasteiger partial charge in [-0.15, -0.1) is 0 Å². The number of hydrogen-bond acceptors (Lipinski definition) is 8. The maximum Gasteiger partial charge on any atom is 0.400 e. The number of likely N-dealkylation sites (N-methyl/N-ethyl adjacent to an activating group) is 1. The maximum atomic E-state index is 11.9. The normalized spacial score (nSPS) is 13.9. The van der Waals surface area contributed by atoms with E-state index in [1.165, 1.54) is 44.9 Å². The quantitative estimate of drug-likeness (QED) is 0.201. The summed E-state index contributed by atoms with van der Waals surface area (Å²) in [5, 5.41) is 12.0. The largest absolute Gasteiger partial charge is 0.457 e. The predicted molar refractivity (Wildman–Crippen MR) is 117 cm³/mol. The van der Waals surface area contributed by atoms with Crippen molar-refractivity contribution < 1.29 is 31.4 Å². The van der Waals surface area contributed by atoms with Crippen LogP contribution < -0.4 is 5.32 Å². The van der Waals surface area contributed by atoms with Gasteiger partial charge in [-0.05, 0) is 19.4 Å². The molecule has 0 aliphatic carbocycles. The number of unbranched alkanes of at least 4 members (excludes halogenated alkanes) is 7. The van der Waals surface area contributed by atoms with Gasteiger partial charge < -0.3 is 15.2 Å². The summed E-state index contributed by atoms with van der Waals surface area (Å²) in [5.74, 6) is 0.374. The Hall–Kier alpha value is -0.740. The Bertz CT molecular complexity index is 513. The highest BCUT2D eigenvalue weighted by molar-refractivity contribution is 7.81. The molecule has 30 heavy (non-hydrogen) atoms. The molecule has 2 N–H and O–H groups in total. The molecule has 0 bridgehead atoms.